The first-order valence-electron chi connectivity index (χ1n) is 4.98. The molecule has 0 bridgehead atoms. The summed E-state index contributed by atoms with van der Waals surface area (Å²) in [6, 6.07) is 4.43. The van der Waals surface area contributed by atoms with Gasteiger partial charge in [-0.05, 0) is 19.1 Å². The largest absolute Gasteiger partial charge is 0.493 e. The first-order chi connectivity index (χ1) is 8.08. The van der Waals surface area contributed by atoms with Crippen LogP contribution in [0.4, 0.5) is 14.5 Å². The third-order valence-electron chi connectivity index (χ3n) is 1.93. The maximum absolute atomic E-state index is 12.0. The highest BCUT2D eigenvalue weighted by atomic mass is 19.3. The number of carbonyl (C=O) groups is 1. The van der Waals surface area contributed by atoms with Gasteiger partial charge >= 0.3 is 6.43 Å². The van der Waals surface area contributed by atoms with Crippen LogP contribution in [0.15, 0.2) is 18.2 Å². The van der Waals surface area contributed by atoms with E-state index >= 15 is 0 Å². The summed E-state index contributed by atoms with van der Waals surface area (Å²) in [5, 5.41) is 2.06. The molecule has 0 unspecified atom stereocenters. The Bertz CT molecular complexity index is 396. The van der Waals surface area contributed by atoms with E-state index in [1.54, 1.807) is 6.07 Å². The molecule has 1 N–H and O–H groups in total. The van der Waals surface area contributed by atoms with Gasteiger partial charge in [-0.25, -0.2) is 0 Å². The summed E-state index contributed by atoms with van der Waals surface area (Å²) in [6.45, 7) is 2.27. The van der Waals surface area contributed by atoms with Crippen molar-refractivity contribution in [2.75, 3.05) is 19.0 Å². The van der Waals surface area contributed by atoms with E-state index in [4.69, 9.17) is 9.47 Å². The molecule has 6 heteroatoms. The smallest absolute Gasteiger partial charge is 0.315 e. The van der Waals surface area contributed by atoms with Crippen LogP contribution in [-0.2, 0) is 4.79 Å². The number of ether oxygens (including phenoxy) is 2. The molecule has 17 heavy (non-hydrogen) atoms. The molecule has 0 aliphatic carbocycles. The quantitative estimate of drug-likeness (QED) is 0.865. The lowest BCUT2D eigenvalue weighted by molar-refractivity contribution is -0.126. The van der Waals surface area contributed by atoms with E-state index in [1.807, 2.05) is 6.92 Å². The molecular formula is C11H13F2NO3. The van der Waals surface area contributed by atoms with Gasteiger partial charge in [-0.1, -0.05) is 0 Å². The van der Waals surface area contributed by atoms with Gasteiger partial charge in [0.2, 0.25) is 0 Å². The van der Waals surface area contributed by atoms with E-state index in [9.17, 15) is 13.6 Å². The fourth-order valence-corrected chi connectivity index (χ4v) is 1.22. The molecule has 0 radical (unpaired) electrons. The molecule has 1 rings (SSSR count). The lowest BCUT2D eigenvalue weighted by Crippen LogP contribution is -2.20. The number of hydrogen-bond donors (Lipinski definition) is 1. The molecule has 0 saturated carbocycles. The molecule has 1 amide bonds. The number of anilines is 1. The topological polar surface area (TPSA) is 47.6 Å². The van der Waals surface area contributed by atoms with Crippen molar-refractivity contribution in [2.24, 2.45) is 0 Å². The Morgan fingerprint density at radius 1 is 1.41 bits per heavy atom. The van der Waals surface area contributed by atoms with Crippen LogP contribution in [0.3, 0.4) is 0 Å². The summed E-state index contributed by atoms with van der Waals surface area (Å²) in [4.78, 5) is 10.8. The van der Waals surface area contributed by atoms with Gasteiger partial charge < -0.3 is 14.8 Å². The number of methoxy groups -OCH3 is 1. The van der Waals surface area contributed by atoms with Crippen LogP contribution >= 0.6 is 0 Å². The summed E-state index contributed by atoms with van der Waals surface area (Å²) in [7, 11) is 1.43. The Morgan fingerprint density at radius 3 is 2.65 bits per heavy atom. The Morgan fingerprint density at radius 2 is 2.12 bits per heavy atom. The van der Waals surface area contributed by atoms with Crippen molar-refractivity contribution >= 4 is 11.6 Å². The number of nitrogens with one attached hydrogen (secondary N) is 1. The summed E-state index contributed by atoms with van der Waals surface area (Å²) < 4.78 is 34.3. The molecule has 4 nitrogen and oxygen atoms in total. The van der Waals surface area contributed by atoms with E-state index in [-0.39, 0.29) is 5.69 Å². The third-order valence-corrected chi connectivity index (χ3v) is 1.93. The van der Waals surface area contributed by atoms with Crippen LogP contribution in [0.5, 0.6) is 11.5 Å². The fraction of sp³-hybridized carbons (Fsp3) is 0.364. The number of halogens is 2. The zero-order valence-corrected chi connectivity index (χ0v) is 9.50. The first kappa shape index (κ1) is 13.2. The number of hydrogen-bond acceptors (Lipinski definition) is 3. The minimum Gasteiger partial charge on any atom is -0.493 e. The van der Waals surface area contributed by atoms with Crippen molar-refractivity contribution < 1.29 is 23.0 Å². The SMILES string of the molecule is CCOc1ccc(NC(=O)C(F)F)cc1OC. The van der Waals surface area contributed by atoms with Crippen molar-refractivity contribution in [3.63, 3.8) is 0 Å². The van der Waals surface area contributed by atoms with E-state index < -0.39 is 12.3 Å². The lowest BCUT2D eigenvalue weighted by Gasteiger charge is -2.11. The van der Waals surface area contributed by atoms with Gasteiger partial charge in [-0.3, -0.25) is 4.79 Å². The second kappa shape index (κ2) is 6.03. The first-order valence-corrected chi connectivity index (χ1v) is 4.98. The molecule has 1 aromatic rings. The molecule has 0 saturated heterocycles. The van der Waals surface area contributed by atoms with Gasteiger partial charge in [-0.2, -0.15) is 8.78 Å². The van der Waals surface area contributed by atoms with Crippen LogP contribution in [0.1, 0.15) is 6.92 Å². The maximum Gasteiger partial charge on any atom is 0.315 e. The minimum atomic E-state index is -3.05. The molecular weight excluding hydrogens is 232 g/mol. The van der Waals surface area contributed by atoms with Gasteiger partial charge in [-0.15, -0.1) is 0 Å². The Hall–Kier alpha value is -1.85. The van der Waals surface area contributed by atoms with Gasteiger partial charge in [0.1, 0.15) is 0 Å². The van der Waals surface area contributed by atoms with Crippen LogP contribution in [0.2, 0.25) is 0 Å². The average Bonchev–Trinajstić information content (AvgIpc) is 2.31. The summed E-state index contributed by atoms with van der Waals surface area (Å²) in [6.07, 6.45) is -3.05. The highest BCUT2D eigenvalue weighted by Gasteiger charge is 2.15. The number of carbonyl (C=O) groups excluding carboxylic acids is 1. The molecule has 0 spiro atoms. The molecule has 94 valence electrons. The Labute approximate surface area is 97.5 Å². The molecule has 0 atom stereocenters. The molecule has 0 aliphatic rings. The molecule has 0 heterocycles. The number of amides is 1. The second-order valence-corrected chi connectivity index (χ2v) is 3.09. The zero-order chi connectivity index (χ0) is 12.8. The van der Waals surface area contributed by atoms with Crippen LogP contribution in [0, 0.1) is 0 Å². The third kappa shape index (κ3) is 3.58. The molecule has 0 aliphatic heterocycles. The average molecular weight is 245 g/mol. The van der Waals surface area contributed by atoms with E-state index in [0.29, 0.717) is 18.1 Å². The van der Waals surface area contributed by atoms with E-state index in [2.05, 4.69) is 5.32 Å². The van der Waals surface area contributed by atoms with Crippen LogP contribution < -0.4 is 14.8 Å². The standard InChI is InChI=1S/C11H13F2NO3/c1-3-17-8-5-4-7(6-9(8)16-2)14-11(15)10(12)13/h4-6,10H,3H2,1-2H3,(H,14,15). The highest BCUT2D eigenvalue weighted by Crippen LogP contribution is 2.30. The van der Waals surface area contributed by atoms with Crippen molar-refractivity contribution in [1.82, 2.24) is 0 Å². The summed E-state index contributed by atoms with van der Waals surface area (Å²) >= 11 is 0. The van der Waals surface area contributed by atoms with Crippen molar-refractivity contribution in [2.45, 2.75) is 13.3 Å². The van der Waals surface area contributed by atoms with Gasteiger partial charge in [0, 0.05) is 11.8 Å². The van der Waals surface area contributed by atoms with Crippen LogP contribution in [-0.4, -0.2) is 26.0 Å². The normalized spacial score (nSPS) is 10.2. The van der Waals surface area contributed by atoms with Crippen molar-refractivity contribution in [3.05, 3.63) is 18.2 Å². The van der Waals surface area contributed by atoms with Crippen LogP contribution in [0.25, 0.3) is 0 Å². The molecule has 1 aromatic carbocycles. The van der Waals surface area contributed by atoms with Crippen molar-refractivity contribution in [3.8, 4) is 11.5 Å². The summed E-state index contributed by atoms with van der Waals surface area (Å²) in [5.41, 5.74) is 0.232. The van der Waals surface area contributed by atoms with E-state index in [1.165, 1.54) is 19.2 Å². The van der Waals surface area contributed by atoms with E-state index in [0.717, 1.165) is 0 Å². The Balaban J connectivity index is 2.85. The van der Waals surface area contributed by atoms with Gasteiger partial charge in [0.25, 0.3) is 5.91 Å². The minimum absolute atomic E-state index is 0.232. The molecule has 0 aromatic heterocycles. The lowest BCUT2D eigenvalue weighted by atomic mass is 10.2. The second-order valence-electron chi connectivity index (χ2n) is 3.09. The Kier molecular flexibility index (Phi) is 4.68. The van der Waals surface area contributed by atoms with Gasteiger partial charge in [0.05, 0.1) is 13.7 Å². The number of benzene rings is 1. The van der Waals surface area contributed by atoms with Crippen molar-refractivity contribution in [1.29, 1.82) is 0 Å². The predicted octanol–water partition coefficient (Wildman–Crippen LogP) is 2.30. The predicted molar refractivity (Wildman–Crippen MR) is 58.8 cm³/mol. The number of rotatable bonds is 5. The maximum atomic E-state index is 12.0. The summed E-state index contributed by atoms with van der Waals surface area (Å²) in [5.74, 6) is -0.486. The molecule has 0 fully saturated rings. The van der Waals surface area contributed by atoms with Gasteiger partial charge in [0.15, 0.2) is 11.5 Å². The monoisotopic (exact) mass is 245 g/mol. The zero-order valence-electron chi connectivity index (χ0n) is 9.50. The highest BCUT2D eigenvalue weighted by molar-refractivity contribution is 5.93. The number of alkyl halides is 2. The fourth-order valence-electron chi connectivity index (χ4n) is 1.22.